The molecule has 1 fully saturated rings. The third-order valence-electron chi connectivity index (χ3n) is 5.67. The van der Waals surface area contributed by atoms with Gasteiger partial charge in [0.1, 0.15) is 17.2 Å². The Labute approximate surface area is 205 Å². The molecule has 0 spiro atoms. The first-order chi connectivity index (χ1) is 15.8. The molecule has 4 aromatic rings. The molecule has 1 N–H and O–H groups in total. The minimum atomic E-state index is -0.362. The maximum Gasteiger partial charge on any atom is 0.274 e. The molecule has 0 saturated carbocycles. The van der Waals surface area contributed by atoms with E-state index in [2.05, 4.69) is 31.2 Å². The van der Waals surface area contributed by atoms with Gasteiger partial charge in [0.25, 0.3) is 11.8 Å². The first kappa shape index (κ1) is 22.2. The molecule has 0 aliphatic carbocycles. The van der Waals surface area contributed by atoms with E-state index in [1.807, 2.05) is 25.4 Å². The molecule has 0 unspecified atom stereocenters. The van der Waals surface area contributed by atoms with Crippen molar-refractivity contribution in [2.45, 2.75) is 26.3 Å². The number of imidazole rings is 1. The monoisotopic (exact) mass is 547 g/mol. The van der Waals surface area contributed by atoms with Gasteiger partial charge in [0, 0.05) is 24.7 Å². The van der Waals surface area contributed by atoms with Crippen molar-refractivity contribution in [3.63, 3.8) is 0 Å². The van der Waals surface area contributed by atoms with Crippen LogP contribution in [0.15, 0.2) is 34.2 Å². The molecule has 5 rings (SSSR count). The standard InChI is InChI=1S/C22H19BrFN5O2S2/c1-11-18(29-7-8-32-22(29)26-11)20(30)25-10-14-5-6-28(14)21(31)17-19(33-12(2)27-17)13-3-4-16(24)15(23)9-13/h3-4,7-9,14H,5-6,10H2,1-2H3,(H,25,30)/t14-/m1/s1. The lowest BCUT2D eigenvalue weighted by molar-refractivity contribution is 0.0451. The largest absolute Gasteiger partial charge is 0.349 e. The number of likely N-dealkylation sites (tertiary alicyclic amines) is 1. The molecule has 2 amide bonds. The number of aromatic nitrogens is 3. The van der Waals surface area contributed by atoms with Gasteiger partial charge >= 0.3 is 0 Å². The van der Waals surface area contributed by atoms with Crippen LogP contribution in [-0.2, 0) is 0 Å². The average molecular weight is 548 g/mol. The van der Waals surface area contributed by atoms with E-state index in [1.54, 1.807) is 21.4 Å². The van der Waals surface area contributed by atoms with Crippen molar-refractivity contribution in [1.29, 1.82) is 0 Å². The van der Waals surface area contributed by atoms with Crippen LogP contribution in [0.4, 0.5) is 4.39 Å². The van der Waals surface area contributed by atoms with Crippen molar-refractivity contribution >= 4 is 55.4 Å². The van der Waals surface area contributed by atoms with E-state index in [-0.39, 0.29) is 23.7 Å². The van der Waals surface area contributed by atoms with Crippen molar-refractivity contribution in [1.82, 2.24) is 24.6 Å². The van der Waals surface area contributed by atoms with E-state index in [0.29, 0.717) is 39.5 Å². The summed E-state index contributed by atoms with van der Waals surface area (Å²) in [5.74, 6) is -0.750. The van der Waals surface area contributed by atoms with Crippen LogP contribution in [-0.4, -0.2) is 50.2 Å². The molecule has 1 saturated heterocycles. The number of hydrogen-bond acceptors (Lipinski definition) is 6. The van der Waals surface area contributed by atoms with Crippen LogP contribution in [0.5, 0.6) is 0 Å². The number of halogens is 2. The highest BCUT2D eigenvalue weighted by atomic mass is 79.9. The highest BCUT2D eigenvalue weighted by molar-refractivity contribution is 9.10. The lowest BCUT2D eigenvalue weighted by atomic mass is 10.0. The molecule has 7 nitrogen and oxygen atoms in total. The first-order valence-electron chi connectivity index (χ1n) is 10.3. The van der Waals surface area contributed by atoms with Crippen LogP contribution in [0.2, 0.25) is 0 Å². The predicted octanol–water partition coefficient (Wildman–Crippen LogP) is 4.68. The molecule has 4 heterocycles. The Morgan fingerprint density at radius 2 is 2.12 bits per heavy atom. The van der Waals surface area contributed by atoms with Crippen LogP contribution >= 0.6 is 38.6 Å². The summed E-state index contributed by atoms with van der Waals surface area (Å²) in [6, 6.07) is 4.57. The Morgan fingerprint density at radius 3 is 2.85 bits per heavy atom. The summed E-state index contributed by atoms with van der Waals surface area (Å²) in [5.41, 5.74) is 2.29. The highest BCUT2D eigenvalue weighted by Gasteiger charge is 2.35. The fourth-order valence-corrected chi connectivity index (χ4v) is 5.97. The average Bonchev–Trinajstić information content (AvgIpc) is 3.43. The minimum Gasteiger partial charge on any atom is -0.349 e. The Kier molecular flexibility index (Phi) is 5.79. The topological polar surface area (TPSA) is 79.6 Å². The summed E-state index contributed by atoms with van der Waals surface area (Å²) in [6.45, 7) is 4.61. The summed E-state index contributed by atoms with van der Waals surface area (Å²) < 4.78 is 15.8. The van der Waals surface area contributed by atoms with Crippen molar-refractivity contribution in [3.05, 3.63) is 62.2 Å². The Hall–Kier alpha value is -2.63. The maximum atomic E-state index is 13.7. The van der Waals surface area contributed by atoms with Gasteiger partial charge in [-0.25, -0.2) is 14.4 Å². The first-order valence-corrected chi connectivity index (χ1v) is 12.8. The van der Waals surface area contributed by atoms with E-state index in [4.69, 9.17) is 0 Å². The fourth-order valence-electron chi connectivity index (χ4n) is 3.92. The van der Waals surface area contributed by atoms with Gasteiger partial charge in [-0.15, -0.1) is 22.7 Å². The third-order valence-corrected chi connectivity index (χ3v) is 8.06. The zero-order valence-electron chi connectivity index (χ0n) is 17.8. The molecule has 1 aliphatic heterocycles. The van der Waals surface area contributed by atoms with Gasteiger partial charge in [-0.2, -0.15) is 0 Å². The Balaban J connectivity index is 1.31. The maximum absolute atomic E-state index is 13.7. The molecule has 33 heavy (non-hydrogen) atoms. The molecular weight excluding hydrogens is 529 g/mol. The van der Waals surface area contributed by atoms with E-state index in [0.717, 1.165) is 22.0 Å². The second-order valence-corrected chi connectivity index (χ2v) is 10.7. The number of thiazole rings is 2. The zero-order valence-corrected chi connectivity index (χ0v) is 21.0. The highest BCUT2D eigenvalue weighted by Crippen LogP contribution is 2.34. The second kappa shape index (κ2) is 8.62. The Bertz CT molecular complexity index is 1390. The summed E-state index contributed by atoms with van der Waals surface area (Å²) in [5, 5.41) is 5.60. The van der Waals surface area contributed by atoms with E-state index < -0.39 is 0 Å². The lowest BCUT2D eigenvalue weighted by Gasteiger charge is -2.40. The smallest absolute Gasteiger partial charge is 0.274 e. The molecule has 0 bridgehead atoms. The van der Waals surface area contributed by atoms with Gasteiger partial charge < -0.3 is 10.2 Å². The lowest BCUT2D eigenvalue weighted by Crippen LogP contribution is -2.56. The number of fused-ring (bicyclic) bond motifs is 1. The molecular formula is C22H19BrFN5O2S2. The van der Waals surface area contributed by atoms with Crippen molar-refractivity contribution < 1.29 is 14.0 Å². The molecule has 1 aliphatic rings. The molecule has 170 valence electrons. The number of hydrogen-bond donors (Lipinski definition) is 1. The quantitative estimate of drug-likeness (QED) is 0.393. The molecule has 1 aromatic carbocycles. The zero-order chi connectivity index (χ0) is 23.3. The molecule has 0 radical (unpaired) electrons. The number of rotatable bonds is 5. The van der Waals surface area contributed by atoms with Crippen LogP contribution in [0.1, 0.15) is 38.1 Å². The summed E-state index contributed by atoms with van der Waals surface area (Å²) in [6.07, 6.45) is 2.62. The third kappa shape index (κ3) is 3.98. The predicted molar refractivity (Wildman–Crippen MR) is 130 cm³/mol. The van der Waals surface area contributed by atoms with Crippen molar-refractivity contribution in [3.8, 4) is 10.4 Å². The van der Waals surface area contributed by atoms with Gasteiger partial charge in [-0.3, -0.25) is 14.0 Å². The number of benzene rings is 1. The van der Waals surface area contributed by atoms with Crippen LogP contribution in [0.3, 0.4) is 0 Å². The SMILES string of the molecule is Cc1nc(C(=O)N2CC[C@@H]2CNC(=O)c2c(C)nc3sccn23)c(-c2ccc(F)c(Br)c2)s1. The fraction of sp³-hybridized carbons (Fsp3) is 0.273. The van der Waals surface area contributed by atoms with Gasteiger partial charge in [0.05, 0.1) is 26.1 Å². The number of nitrogens with zero attached hydrogens (tertiary/aromatic N) is 4. The minimum absolute atomic E-state index is 0.109. The van der Waals surface area contributed by atoms with Gasteiger partial charge in [-0.1, -0.05) is 6.07 Å². The second-order valence-electron chi connectivity index (χ2n) is 7.79. The van der Waals surface area contributed by atoms with Gasteiger partial charge in [-0.05, 0) is 53.9 Å². The normalized spacial score (nSPS) is 15.6. The van der Waals surface area contributed by atoms with Gasteiger partial charge in [0.2, 0.25) is 0 Å². The molecule has 3 aromatic heterocycles. The van der Waals surface area contributed by atoms with E-state index >= 15 is 0 Å². The van der Waals surface area contributed by atoms with E-state index in [1.165, 1.54) is 28.7 Å². The summed E-state index contributed by atoms with van der Waals surface area (Å²) in [7, 11) is 0. The number of carbonyl (C=O) groups is 2. The van der Waals surface area contributed by atoms with Crippen LogP contribution in [0.25, 0.3) is 15.4 Å². The van der Waals surface area contributed by atoms with Crippen LogP contribution < -0.4 is 5.32 Å². The molecule has 1 atom stereocenters. The summed E-state index contributed by atoms with van der Waals surface area (Å²) in [4.78, 5) is 38.2. The van der Waals surface area contributed by atoms with Crippen molar-refractivity contribution in [2.24, 2.45) is 0 Å². The Morgan fingerprint density at radius 1 is 1.30 bits per heavy atom. The van der Waals surface area contributed by atoms with Crippen LogP contribution in [0, 0.1) is 19.7 Å². The number of amides is 2. The summed E-state index contributed by atoms with van der Waals surface area (Å²) >= 11 is 6.09. The molecule has 11 heteroatoms. The van der Waals surface area contributed by atoms with Gasteiger partial charge in [0.15, 0.2) is 4.96 Å². The van der Waals surface area contributed by atoms with Crippen molar-refractivity contribution in [2.75, 3.05) is 13.1 Å². The van der Waals surface area contributed by atoms with E-state index in [9.17, 15) is 14.0 Å². The number of carbonyl (C=O) groups excluding carboxylic acids is 2. The number of aryl methyl sites for hydroxylation is 2. The number of nitrogens with one attached hydrogen (secondary N) is 1.